The molecule has 3 aromatic rings. The van der Waals surface area contributed by atoms with E-state index in [1.54, 1.807) is 0 Å². The Kier molecular flexibility index (Phi) is 5.05. The van der Waals surface area contributed by atoms with Gasteiger partial charge in [-0.1, -0.05) is 72.8 Å². The Bertz CT molecular complexity index is 824. The molecular formula is C23H23ClO. The third kappa shape index (κ3) is 3.89. The number of alkyl halides is 1. The number of hydrogen-bond donors (Lipinski definition) is 0. The van der Waals surface area contributed by atoms with E-state index < -0.39 is 0 Å². The van der Waals surface area contributed by atoms with Crippen LogP contribution in [0.25, 0.3) is 10.8 Å². The molecule has 1 nitrogen and oxygen atoms in total. The van der Waals surface area contributed by atoms with Crippen LogP contribution in [0.1, 0.15) is 36.5 Å². The fourth-order valence-corrected chi connectivity index (χ4v) is 4.21. The van der Waals surface area contributed by atoms with E-state index in [0.29, 0.717) is 0 Å². The second kappa shape index (κ2) is 7.59. The molecule has 0 N–H and O–H groups in total. The van der Waals surface area contributed by atoms with Crippen LogP contribution in [0, 0.1) is 0 Å². The maximum absolute atomic E-state index is 6.61. The fraction of sp³-hybridized carbons (Fsp3) is 0.304. The van der Waals surface area contributed by atoms with E-state index in [0.717, 1.165) is 25.7 Å². The fourth-order valence-electron chi connectivity index (χ4n) is 3.85. The van der Waals surface area contributed by atoms with Crippen molar-refractivity contribution in [2.24, 2.45) is 0 Å². The highest BCUT2D eigenvalue weighted by Gasteiger charge is 2.30. The minimum Gasteiger partial charge on any atom is -0.370 e. The molecule has 0 bridgehead atoms. The first-order valence-corrected chi connectivity index (χ1v) is 9.54. The van der Waals surface area contributed by atoms with Gasteiger partial charge in [-0.15, -0.1) is 11.6 Å². The lowest BCUT2D eigenvalue weighted by Gasteiger charge is -2.34. The number of halogens is 1. The van der Waals surface area contributed by atoms with Gasteiger partial charge in [-0.2, -0.15) is 0 Å². The SMILES string of the molecule is Cl[C@H]1C[C@@H](CCc2ccccc2)O[C@@H](c2cccc3ccccc23)C1. The normalized spacial score (nSPS) is 23.6. The summed E-state index contributed by atoms with van der Waals surface area (Å²) in [7, 11) is 0. The van der Waals surface area contributed by atoms with Gasteiger partial charge in [-0.05, 0) is 47.6 Å². The summed E-state index contributed by atoms with van der Waals surface area (Å²) < 4.78 is 6.49. The summed E-state index contributed by atoms with van der Waals surface area (Å²) in [6.45, 7) is 0. The molecule has 1 aliphatic heterocycles. The second-order valence-corrected chi connectivity index (χ2v) is 7.53. The van der Waals surface area contributed by atoms with Crippen molar-refractivity contribution in [2.45, 2.75) is 43.3 Å². The topological polar surface area (TPSA) is 9.23 Å². The Morgan fingerprint density at radius 2 is 1.60 bits per heavy atom. The van der Waals surface area contributed by atoms with Crippen LogP contribution < -0.4 is 0 Å². The average molecular weight is 351 g/mol. The van der Waals surface area contributed by atoms with Gasteiger partial charge in [0.15, 0.2) is 0 Å². The summed E-state index contributed by atoms with van der Waals surface area (Å²) in [6, 6.07) is 25.6. The predicted molar refractivity (Wildman–Crippen MR) is 105 cm³/mol. The van der Waals surface area contributed by atoms with Crippen molar-refractivity contribution in [3.05, 3.63) is 83.9 Å². The van der Waals surface area contributed by atoms with E-state index in [1.165, 1.54) is 21.9 Å². The second-order valence-electron chi connectivity index (χ2n) is 6.91. The Labute approximate surface area is 154 Å². The Balaban J connectivity index is 1.52. The van der Waals surface area contributed by atoms with Crippen LogP contribution >= 0.6 is 11.6 Å². The molecule has 1 aliphatic rings. The van der Waals surface area contributed by atoms with Gasteiger partial charge < -0.3 is 4.74 Å². The third-order valence-corrected chi connectivity index (χ3v) is 5.47. The Morgan fingerprint density at radius 1 is 0.840 bits per heavy atom. The molecular weight excluding hydrogens is 328 g/mol. The molecule has 1 heterocycles. The molecule has 0 unspecified atom stereocenters. The standard InChI is InChI=1S/C23H23ClO/c24-19-15-20(14-13-17-7-2-1-3-8-17)25-23(16-19)22-12-6-10-18-9-4-5-11-21(18)22/h1-12,19-20,23H,13-16H2/t19-,20+,23+/m0/s1. The zero-order chi connectivity index (χ0) is 17.1. The van der Waals surface area contributed by atoms with Crippen LogP contribution in [0.2, 0.25) is 0 Å². The van der Waals surface area contributed by atoms with Crippen molar-refractivity contribution in [1.29, 1.82) is 0 Å². The Morgan fingerprint density at radius 3 is 2.48 bits per heavy atom. The van der Waals surface area contributed by atoms with Crippen LogP contribution in [0.5, 0.6) is 0 Å². The molecule has 0 aliphatic carbocycles. The van der Waals surface area contributed by atoms with Gasteiger partial charge in [0.2, 0.25) is 0 Å². The minimum atomic E-state index is 0.0862. The molecule has 0 saturated carbocycles. The molecule has 0 amide bonds. The quantitative estimate of drug-likeness (QED) is 0.502. The molecule has 0 spiro atoms. The highest BCUT2D eigenvalue weighted by atomic mass is 35.5. The molecule has 1 fully saturated rings. The number of benzene rings is 3. The zero-order valence-corrected chi connectivity index (χ0v) is 15.0. The number of rotatable bonds is 4. The van der Waals surface area contributed by atoms with Crippen LogP contribution in [-0.4, -0.2) is 11.5 Å². The first-order valence-electron chi connectivity index (χ1n) is 9.11. The number of aryl methyl sites for hydroxylation is 1. The highest BCUT2D eigenvalue weighted by Crippen LogP contribution is 2.38. The maximum atomic E-state index is 6.61. The smallest absolute Gasteiger partial charge is 0.0848 e. The van der Waals surface area contributed by atoms with Crippen molar-refractivity contribution in [3.8, 4) is 0 Å². The van der Waals surface area contributed by atoms with Crippen LogP contribution in [-0.2, 0) is 11.2 Å². The van der Waals surface area contributed by atoms with Crippen LogP contribution in [0.15, 0.2) is 72.8 Å². The maximum Gasteiger partial charge on any atom is 0.0848 e. The van der Waals surface area contributed by atoms with Gasteiger partial charge >= 0.3 is 0 Å². The lowest BCUT2D eigenvalue weighted by molar-refractivity contribution is -0.0521. The largest absolute Gasteiger partial charge is 0.370 e. The van der Waals surface area contributed by atoms with Gasteiger partial charge in [0.05, 0.1) is 12.2 Å². The number of hydrogen-bond acceptors (Lipinski definition) is 1. The summed E-state index contributed by atoms with van der Waals surface area (Å²) in [5.74, 6) is 0. The van der Waals surface area contributed by atoms with Gasteiger partial charge in [0.1, 0.15) is 0 Å². The lowest BCUT2D eigenvalue weighted by Crippen LogP contribution is -2.29. The molecule has 0 aromatic heterocycles. The molecule has 1 saturated heterocycles. The van der Waals surface area contributed by atoms with Gasteiger partial charge in [-0.3, -0.25) is 0 Å². The van der Waals surface area contributed by atoms with Crippen molar-refractivity contribution in [1.82, 2.24) is 0 Å². The third-order valence-electron chi connectivity index (χ3n) is 5.11. The summed E-state index contributed by atoms with van der Waals surface area (Å²) in [4.78, 5) is 0. The van der Waals surface area contributed by atoms with Crippen molar-refractivity contribution >= 4 is 22.4 Å². The van der Waals surface area contributed by atoms with E-state index in [9.17, 15) is 0 Å². The van der Waals surface area contributed by atoms with E-state index in [1.807, 2.05) is 0 Å². The highest BCUT2D eigenvalue weighted by molar-refractivity contribution is 6.20. The van der Waals surface area contributed by atoms with Crippen LogP contribution in [0.4, 0.5) is 0 Å². The van der Waals surface area contributed by atoms with Crippen molar-refractivity contribution in [2.75, 3.05) is 0 Å². The molecule has 128 valence electrons. The minimum absolute atomic E-state index is 0.0862. The first kappa shape index (κ1) is 16.6. The number of ether oxygens (including phenoxy) is 1. The predicted octanol–water partition coefficient (Wildman–Crippen LogP) is 6.30. The number of fused-ring (bicyclic) bond motifs is 1. The summed E-state index contributed by atoms with van der Waals surface area (Å²) in [5.41, 5.74) is 2.64. The molecule has 4 rings (SSSR count). The lowest BCUT2D eigenvalue weighted by atomic mass is 9.92. The molecule has 0 radical (unpaired) electrons. The van der Waals surface area contributed by atoms with Gasteiger partial charge in [0, 0.05) is 5.38 Å². The Hall–Kier alpha value is -1.83. The first-order chi connectivity index (χ1) is 12.3. The summed E-state index contributed by atoms with van der Waals surface area (Å²) in [5, 5.41) is 2.72. The monoisotopic (exact) mass is 350 g/mol. The summed E-state index contributed by atoms with van der Waals surface area (Å²) >= 11 is 6.61. The molecule has 2 heteroatoms. The van der Waals surface area contributed by atoms with Crippen LogP contribution in [0.3, 0.4) is 0 Å². The van der Waals surface area contributed by atoms with E-state index in [2.05, 4.69) is 72.8 Å². The van der Waals surface area contributed by atoms with Gasteiger partial charge in [-0.25, -0.2) is 0 Å². The van der Waals surface area contributed by atoms with E-state index >= 15 is 0 Å². The van der Waals surface area contributed by atoms with Gasteiger partial charge in [0.25, 0.3) is 0 Å². The van der Waals surface area contributed by atoms with E-state index in [-0.39, 0.29) is 17.6 Å². The summed E-state index contributed by atoms with van der Waals surface area (Å²) in [6.07, 6.45) is 4.20. The molecule has 25 heavy (non-hydrogen) atoms. The van der Waals surface area contributed by atoms with E-state index in [4.69, 9.17) is 16.3 Å². The molecule has 3 atom stereocenters. The molecule has 3 aromatic carbocycles. The zero-order valence-electron chi connectivity index (χ0n) is 14.3. The average Bonchev–Trinajstić information content (AvgIpc) is 2.66. The van der Waals surface area contributed by atoms with Crippen molar-refractivity contribution < 1.29 is 4.74 Å². The van der Waals surface area contributed by atoms with Crippen molar-refractivity contribution in [3.63, 3.8) is 0 Å².